The van der Waals surface area contributed by atoms with E-state index in [4.69, 9.17) is 4.74 Å². The van der Waals surface area contributed by atoms with Gasteiger partial charge < -0.3 is 10.1 Å². The smallest absolute Gasteiger partial charge is 0.270 e. The van der Waals surface area contributed by atoms with Crippen molar-refractivity contribution in [2.75, 3.05) is 20.2 Å². The van der Waals surface area contributed by atoms with Gasteiger partial charge in [0.1, 0.15) is 5.75 Å². The van der Waals surface area contributed by atoms with Gasteiger partial charge in [0.2, 0.25) is 0 Å². The summed E-state index contributed by atoms with van der Waals surface area (Å²) in [6.07, 6.45) is 1.68. The number of para-hydroxylation sites is 1. The summed E-state index contributed by atoms with van der Waals surface area (Å²) >= 11 is 2.03. The second-order valence-electron chi connectivity index (χ2n) is 6.76. The molecule has 0 saturated carbocycles. The van der Waals surface area contributed by atoms with Gasteiger partial charge in [0.25, 0.3) is 11.6 Å². The predicted octanol–water partition coefficient (Wildman–Crippen LogP) is 3.60. The average molecular weight is 495 g/mol. The lowest BCUT2D eigenvalue weighted by Gasteiger charge is -2.32. The number of carbonyl (C=O) groups excluding carboxylic acids is 1. The zero-order chi connectivity index (χ0) is 20.1. The van der Waals surface area contributed by atoms with E-state index < -0.39 is 4.92 Å². The molecule has 1 heterocycles. The van der Waals surface area contributed by atoms with Crippen LogP contribution in [-0.2, 0) is 6.54 Å². The van der Waals surface area contributed by atoms with Crippen molar-refractivity contribution in [3.8, 4) is 5.75 Å². The molecule has 0 unspecified atom stereocenters. The van der Waals surface area contributed by atoms with E-state index in [1.165, 1.54) is 12.1 Å². The monoisotopic (exact) mass is 495 g/mol. The highest BCUT2D eigenvalue weighted by molar-refractivity contribution is 14.1. The maximum absolute atomic E-state index is 12.6. The molecule has 1 saturated heterocycles. The standard InChI is InChI=1S/C20H22IN3O4/c1-28-19-5-3-2-4-14(19)13-23-10-8-15(9-11-23)22-20(25)17-12-16(24(26)27)6-7-18(17)21/h2-7,12,15H,8-11,13H2,1H3,(H,22,25). The molecule has 7 nitrogen and oxygen atoms in total. The van der Waals surface area contributed by atoms with Crippen LogP contribution in [0, 0.1) is 13.7 Å². The molecule has 1 aliphatic heterocycles. The number of carbonyl (C=O) groups is 1. The minimum absolute atomic E-state index is 0.0662. The summed E-state index contributed by atoms with van der Waals surface area (Å²) < 4.78 is 6.12. The normalized spacial score (nSPS) is 15.2. The van der Waals surface area contributed by atoms with E-state index in [9.17, 15) is 14.9 Å². The van der Waals surface area contributed by atoms with Crippen LogP contribution in [0.1, 0.15) is 28.8 Å². The number of nitro groups is 1. The molecule has 1 N–H and O–H groups in total. The highest BCUT2D eigenvalue weighted by atomic mass is 127. The lowest BCUT2D eigenvalue weighted by molar-refractivity contribution is -0.384. The van der Waals surface area contributed by atoms with Crippen LogP contribution in [0.25, 0.3) is 0 Å². The number of piperidine rings is 1. The number of ether oxygens (including phenoxy) is 1. The first-order chi connectivity index (χ1) is 13.5. The number of benzene rings is 2. The minimum Gasteiger partial charge on any atom is -0.496 e. The highest BCUT2D eigenvalue weighted by Gasteiger charge is 2.23. The Bertz CT molecular complexity index is 866. The van der Waals surface area contributed by atoms with E-state index >= 15 is 0 Å². The van der Waals surface area contributed by atoms with Gasteiger partial charge in [0.15, 0.2) is 0 Å². The molecule has 2 aromatic carbocycles. The minimum atomic E-state index is -0.483. The number of non-ortho nitro benzene ring substituents is 1. The number of amides is 1. The number of nitrogens with one attached hydrogen (secondary N) is 1. The van der Waals surface area contributed by atoms with Gasteiger partial charge in [0.05, 0.1) is 17.6 Å². The topological polar surface area (TPSA) is 84.7 Å². The van der Waals surface area contributed by atoms with Crippen molar-refractivity contribution in [3.05, 3.63) is 67.3 Å². The Morgan fingerprint density at radius 2 is 2.00 bits per heavy atom. The first-order valence-corrected chi connectivity index (χ1v) is 10.1. The summed E-state index contributed by atoms with van der Waals surface area (Å²) in [5.41, 5.74) is 1.43. The molecule has 0 aliphatic carbocycles. The lowest BCUT2D eigenvalue weighted by atomic mass is 10.0. The Kier molecular flexibility index (Phi) is 6.84. The SMILES string of the molecule is COc1ccccc1CN1CCC(NC(=O)c2cc([N+](=O)[O-])ccc2I)CC1. The Hall–Kier alpha value is -2.20. The third-order valence-electron chi connectivity index (χ3n) is 4.91. The van der Waals surface area contributed by atoms with E-state index in [2.05, 4.69) is 16.3 Å². The van der Waals surface area contributed by atoms with Crippen LogP contribution in [0.5, 0.6) is 5.75 Å². The largest absolute Gasteiger partial charge is 0.496 e. The number of rotatable bonds is 6. The van der Waals surface area contributed by atoms with E-state index in [0.29, 0.717) is 9.13 Å². The number of nitro benzene ring substituents is 1. The molecular weight excluding hydrogens is 473 g/mol. The van der Waals surface area contributed by atoms with Crippen molar-refractivity contribution < 1.29 is 14.5 Å². The van der Waals surface area contributed by atoms with Crippen LogP contribution in [0.3, 0.4) is 0 Å². The first-order valence-electron chi connectivity index (χ1n) is 9.07. The maximum atomic E-state index is 12.6. The molecule has 28 heavy (non-hydrogen) atoms. The van der Waals surface area contributed by atoms with Crippen LogP contribution < -0.4 is 10.1 Å². The molecule has 0 spiro atoms. The van der Waals surface area contributed by atoms with E-state index in [-0.39, 0.29) is 17.6 Å². The third kappa shape index (κ3) is 4.99. The Balaban J connectivity index is 1.56. The van der Waals surface area contributed by atoms with Gasteiger partial charge in [-0.3, -0.25) is 19.8 Å². The fourth-order valence-corrected chi connectivity index (χ4v) is 3.95. The van der Waals surface area contributed by atoms with Crippen molar-refractivity contribution in [1.82, 2.24) is 10.2 Å². The zero-order valence-electron chi connectivity index (χ0n) is 15.6. The molecule has 1 aliphatic rings. The quantitative estimate of drug-likeness (QED) is 0.376. The molecule has 0 aromatic heterocycles. The van der Waals surface area contributed by atoms with Gasteiger partial charge in [0, 0.05) is 46.9 Å². The Morgan fingerprint density at radius 1 is 1.29 bits per heavy atom. The Morgan fingerprint density at radius 3 is 2.68 bits per heavy atom. The summed E-state index contributed by atoms with van der Waals surface area (Å²) in [6, 6.07) is 12.4. The van der Waals surface area contributed by atoms with Crippen LogP contribution in [0.2, 0.25) is 0 Å². The first kappa shape index (κ1) is 20.5. The van der Waals surface area contributed by atoms with Crippen molar-refractivity contribution in [2.45, 2.75) is 25.4 Å². The second-order valence-corrected chi connectivity index (χ2v) is 7.92. The molecule has 0 bridgehead atoms. The number of nitrogens with zero attached hydrogens (tertiary/aromatic N) is 2. The predicted molar refractivity (Wildman–Crippen MR) is 115 cm³/mol. The fourth-order valence-electron chi connectivity index (χ4n) is 3.37. The summed E-state index contributed by atoms with van der Waals surface area (Å²) in [7, 11) is 1.68. The summed E-state index contributed by atoms with van der Waals surface area (Å²) in [5.74, 6) is 0.634. The molecule has 8 heteroatoms. The molecule has 3 rings (SSSR count). The van der Waals surface area contributed by atoms with Crippen molar-refractivity contribution in [2.24, 2.45) is 0 Å². The molecule has 1 amide bonds. The van der Waals surface area contributed by atoms with Gasteiger partial charge in [-0.25, -0.2) is 0 Å². The highest BCUT2D eigenvalue weighted by Crippen LogP contribution is 2.23. The van der Waals surface area contributed by atoms with Crippen molar-refractivity contribution in [3.63, 3.8) is 0 Å². The van der Waals surface area contributed by atoms with Crippen LogP contribution in [-0.4, -0.2) is 42.0 Å². The number of likely N-dealkylation sites (tertiary alicyclic amines) is 1. The second kappa shape index (κ2) is 9.33. The fraction of sp³-hybridized carbons (Fsp3) is 0.350. The van der Waals surface area contributed by atoms with Crippen molar-refractivity contribution in [1.29, 1.82) is 0 Å². The van der Waals surface area contributed by atoms with E-state index in [1.54, 1.807) is 13.2 Å². The van der Waals surface area contributed by atoms with Gasteiger partial charge in [-0.05, 0) is 47.6 Å². The van der Waals surface area contributed by atoms with Gasteiger partial charge >= 0.3 is 0 Å². The maximum Gasteiger partial charge on any atom is 0.270 e. The van der Waals surface area contributed by atoms with Crippen molar-refractivity contribution >= 4 is 34.2 Å². The number of hydrogen-bond donors (Lipinski definition) is 1. The average Bonchev–Trinajstić information content (AvgIpc) is 2.70. The summed E-state index contributed by atoms with van der Waals surface area (Å²) in [4.78, 5) is 25.4. The molecule has 2 aromatic rings. The van der Waals surface area contributed by atoms with Crippen LogP contribution in [0.4, 0.5) is 5.69 Å². The summed E-state index contributed by atoms with van der Waals surface area (Å²) in [6.45, 7) is 2.55. The number of hydrogen-bond acceptors (Lipinski definition) is 5. The molecular formula is C20H22IN3O4. The van der Waals surface area contributed by atoms with Gasteiger partial charge in [-0.1, -0.05) is 18.2 Å². The van der Waals surface area contributed by atoms with Gasteiger partial charge in [-0.15, -0.1) is 0 Å². The molecule has 1 fully saturated rings. The lowest BCUT2D eigenvalue weighted by Crippen LogP contribution is -2.44. The Labute approximate surface area is 177 Å². The van der Waals surface area contributed by atoms with E-state index in [0.717, 1.165) is 43.8 Å². The zero-order valence-corrected chi connectivity index (χ0v) is 17.7. The summed E-state index contributed by atoms with van der Waals surface area (Å²) in [5, 5.41) is 14.0. The third-order valence-corrected chi connectivity index (χ3v) is 5.86. The molecule has 0 radical (unpaired) electrons. The number of methoxy groups -OCH3 is 1. The van der Waals surface area contributed by atoms with E-state index in [1.807, 2.05) is 40.8 Å². The van der Waals surface area contributed by atoms with Crippen LogP contribution in [0.15, 0.2) is 42.5 Å². The molecule has 0 atom stereocenters. The number of halogens is 1. The van der Waals surface area contributed by atoms with Crippen LogP contribution >= 0.6 is 22.6 Å². The van der Waals surface area contributed by atoms with Gasteiger partial charge in [-0.2, -0.15) is 0 Å². The molecule has 148 valence electrons.